The lowest BCUT2D eigenvalue weighted by atomic mass is 10.1. The normalized spacial score (nSPS) is 13.1. The van der Waals surface area contributed by atoms with E-state index in [1.165, 1.54) is 11.0 Å². The number of hydrogen-bond acceptors (Lipinski definition) is 4. The Bertz CT molecular complexity index is 844. The number of carbonyl (C=O) groups excluding carboxylic acids is 2. The third-order valence-electron chi connectivity index (χ3n) is 4.25. The van der Waals surface area contributed by atoms with Crippen molar-refractivity contribution in [1.29, 1.82) is 0 Å². The number of amides is 2. The Morgan fingerprint density at radius 2 is 1.73 bits per heavy atom. The molecule has 1 aliphatic carbocycles. The van der Waals surface area contributed by atoms with Gasteiger partial charge in [-0.05, 0) is 37.1 Å². The third kappa shape index (κ3) is 4.05. The molecule has 26 heavy (non-hydrogen) atoms. The smallest absolute Gasteiger partial charge is 0.274 e. The lowest BCUT2D eigenvalue weighted by molar-refractivity contribution is -0.385. The van der Waals surface area contributed by atoms with Crippen LogP contribution in [0.5, 0.6) is 0 Å². The number of nitro benzene ring substituents is 1. The van der Waals surface area contributed by atoms with Gasteiger partial charge in [0.15, 0.2) is 0 Å². The van der Waals surface area contributed by atoms with Gasteiger partial charge in [0.25, 0.3) is 17.5 Å². The predicted molar refractivity (Wildman–Crippen MR) is 95.8 cm³/mol. The van der Waals surface area contributed by atoms with Crippen LogP contribution in [0.3, 0.4) is 0 Å². The van der Waals surface area contributed by atoms with Crippen molar-refractivity contribution in [2.45, 2.75) is 25.4 Å². The summed E-state index contributed by atoms with van der Waals surface area (Å²) in [6.45, 7) is 0.125. The van der Waals surface area contributed by atoms with Crippen molar-refractivity contribution < 1.29 is 14.5 Å². The van der Waals surface area contributed by atoms with Gasteiger partial charge >= 0.3 is 0 Å². The van der Waals surface area contributed by atoms with E-state index >= 15 is 0 Å². The molecule has 2 amide bonds. The van der Waals surface area contributed by atoms with Crippen molar-refractivity contribution in [3.63, 3.8) is 0 Å². The van der Waals surface area contributed by atoms with Crippen LogP contribution < -0.4 is 5.32 Å². The van der Waals surface area contributed by atoms with Gasteiger partial charge in [-0.2, -0.15) is 0 Å². The first kappa shape index (κ1) is 17.6. The Balaban J connectivity index is 1.68. The number of rotatable bonds is 6. The van der Waals surface area contributed by atoms with E-state index in [9.17, 15) is 19.7 Å². The zero-order chi connectivity index (χ0) is 18.7. The molecule has 1 saturated carbocycles. The van der Waals surface area contributed by atoms with Crippen molar-refractivity contribution in [3.05, 3.63) is 75.3 Å². The molecule has 0 unspecified atom stereocenters. The maximum atomic E-state index is 12.6. The molecule has 0 heterocycles. The topological polar surface area (TPSA) is 92.5 Å². The molecule has 0 radical (unpaired) electrons. The molecule has 0 atom stereocenters. The van der Waals surface area contributed by atoms with Gasteiger partial charge in [0.1, 0.15) is 0 Å². The Morgan fingerprint density at radius 1 is 1.12 bits per heavy atom. The Morgan fingerprint density at radius 3 is 2.35 bits per heavy atom. The minimum Gasteiger partial charge on any atom is -0.349 e. The molecule has 0 aromatic heterocycles. The van der Waals surface area contributed by atoms with E-state index in [1.807, 2.05) is 0 Å². The van der Waals surface area contributed by atoms with Crippen LogP contribution in [0.25, 0.3) is 0 Å². The van der Waals surface area contributed by atoms with Gasteiger partial charge in [0, 0.05) is 35.8 Å². The summed E-state index contributed by atoms with van der Waals surface area (Å²) in [5.41, 5.74) is 1.39. The quantitative estimate of drug-likeness (QED) is 0.638. The first-order valence-corrected chi connectivity index (χ1v) is 8.34. The van der Waals surface area contributed by atoms with E-state index in [4.69, 9.17) is 0 Å². The van der Waals surface area contributed by atoms with Crippen molar-refractivity contribution in [1.82, 2.24) is 10.2 Å². The lowest BCUT2D eigenvalue weighted by Gasteiger charge is -2.17. The van der Waals surface area contributed by atoms with Gasteiger partial charge in [0.05, 0.1) is 11.5 Å². The lowest BCUT2D eigenvalue weighted by Crippen LogP contribution is -2.27. The van der Waals surface area contributed by atoms with Gasteiger partial charge < -0.3 is 10.2 Å². The molecule has 7 heteroatoms. The monoisotopic (exact) mass is 353 g/mol. The number of nitrogens with one attached hydrogen (secondary N) is 1. The van der Waals surface area contributed by atoms with Crippen LogP contribution in [0.4, 0.5) is 5.69 Å². The standard InChI is InChI=1S/C19H19N3O4/c1-21(12-15-4-2-3-5-17(15)22(25)26)19(24)14-8-6-13(7-9-14)18(23)20-16-10-11-16/h2-9,16H,10-12H2,1H3,(H,20,23). The van der Waals surface area contributed by atoms with Gasteiger partial charge in [-0.15, -0.1) is 0 Å². The minimum atomic E-state index is -0.457. The minimum absolute atomic E-state index is 0.0146. The van der Waals surface area contributed by atoms with Crippen LogP contribution in [-0.2, 0) is 6.54 Å². The molecule has 1 N–H and O–H groups in total. The van der Waals surface area contributed by atoms with Crippen LogP contribution in [0, 0.1) is 10.1 Å². The third-order valence-corrected chi connectivity index (χ3v) is 4.25. The summed E-state index contributed by atoms with van der Waals surface area (Å²) in [7, 11) is 1.59. The summed E-state index contributed by atoms with van der Waals surface area (Å²) < 4.78 is 0. The van der Waals surface area contributed by atoms with E-state index in [-0.39, 0.29) is 30.1 Å². The highest BCUT2D eigenvalue weighted by Gasteiger charge is 2.24. The summed E-state index contributed by atoms with van der Waals surface area (Å²) in [4.78, 5) is 36.6. The maximum Gasteiger partial charge on any atom is 0.274 e. The van der Waals surface area contributed by atoms with Gasteiger partial charge in [-0.1, -0.05) is 18.2 Å². The Labute approximate surface area is 150 Å². The number of nitro groups is 1. The van der Waals surface area contributed by atoms with Crippen LogP contribution in [0.15, 0.2) is 48.5 Å². The average molecular weight is 353 g/mol. The zero-order valence-electron chi connectivity index (χ0n) is 14.3. The van der Waals surface area contributed by atoms with Gasteiger partial charge in [-0.3, -0.25) is 19.7 Å². The first-order valence-electron chi connectivity index (χ1n) is 8.34. The fourth-order valence-electron chi connectivity index (χ4n) is 2.63. The number of hydrogen-bond donors (Lipinski definition) is 1. The number of carbonyl (C=O) groups is 2. The highest BCUT2D eigenvalue weighted by Crippen LogP contribution is 2.21. The van der Waals surface area contributed by atoms with Gasteiger partial charge in [0.2, 0.25) is 0 Å². The van der Waals surface area contributed by atoms with Crippen molar-refractivity contribution in [2.24, 2.45) is 0 Å². The second-order valence-corrected chi connectivity index (χ2v) is 6.37. The first-order chi connectivity index (χ1) is 12.5. The highest BCUT2D eigenvalue weighted by molar-refractivity contribution is 5.98. The molecular weight excluding hydrogens is 334 g/mol. The molecule has 0 bridgehead atoms. The number of nitrogens with zero attached hydrogens (tertiary/aromatic N) is 2. The highest BCUT2D eigenvalue weighted by atomic mass is 16.6. The molecule has 1 fully saturated rings. The summed E-state index contributed by atoms with van der Waals surface area (Å²) in [5, 5.41) is 14.0. The number of benzene rings is 2. The summed E-state index contributed by atoms with van der Waals surface area (Å²) in [6, 6.07) is 13.0. The summed E-state index contributed by atoms with van der Waals surface area (Å²) >= 11 is 0. The van der Waals surface area contributed by atoms with E-state index in [2.05, 4.69) is 5.32 Å². The zero-order valence-corrected chi connectivity index (χ0v) is 14.3. The molecule has 134 valence electrons. The fraction of sp³-hybridized carbons (Fsp3) is 0.263. The van der Waals surface area contributed by atoms with E-state index < -0.39 is 4.92 Å². The van der Waals surface area contributed by atoms with Crippen LogP contribution in [0.1, 0.15) is 39.1 Å². The van der Waals surface area contributed by atoms with Crippen LogP contribution in [0.2, 0.25) is 0 Å². The maximum absolute atomic E-state index is 12.6. The largest absolute Gasteiger partial charge is 0.349 e. The Kier molecular flexibility index (Phi) is 4.97. The fourth-order valence-corrected chi connectivity index (χ4v) is 2.63. The SMILES string of the molecule is CN(Cc1ccccc1[N+](=O)[O-])C(=O)c1ccc(C(=O)NC2CC2)cc1. The number of para-hydroxylation sites is 1. The second-order valence-electron chi connectivity index (χ2n) is 6.37. The molecule has 0 saturated heterocycles. The van der Waals surface area contributed by atoms with E-state index in [0.717, 1.165) is 12.8 Å². The average Bonchev–Trinajstić information content (AvgIpc) is 3.45. The van der Waals surface area contributed by atoms with Gasteiger partial charge in [-0.25, -0.2) is 0 Å². The molecule has 0 spiro atoms. The molecule has 0 aliphatic heterocycles. The molecule has 1 aliphatic rings. The van der Waals surface area contributed by atoms with Crippen molar-refractivity contribution >= 4 is 17.5 Å². The van der Waals surface area contributed by atoms with Crippen LogP contribution in [-0.4, -0.2) is 34.7 Å². The summed E-state index contributed by atoms with van der Waals surface area (Å²) in [5.74, 6) is -0.405. The van der Waals surface area contributed by atoms with E-state index in [0.29, 0.717) is 16.7 Å². The molecule has 7 nitrogen and oxygen atoms in total. The summed E-state index contributed by atoms with van der Waals surface area (Å²) in [6.07, 6.45) is 2.03. The Hall–Kier alpha value is -3.22. The van der Waals surface area contributed by atoms with Crippen LogP contribution >= 0.6 is 0 Å². The molecule has 2 aromatic rings. The van der Waals surface area contributed by atoms with E-state index in [1.54, 1.807) is 49.5 Å². The second kappa shape index (κ2) is 7.35. The molecule has 3 rings (SSSR count). The van der Waals surface area contributed by atoms with Crippen molar-refractivity contribution in [2.75, 3.05) is 7.05 Å². The van der Waals surface area contributed by atoms with Crippen molar-refractivity contribution in [3.8, 4) is 0 Å². The predicted octanol–water partition coefficient (Wildman–Crippen LogP) is 2.76. The molecule has 2 aromatic carbocycles. The molecular formula is C19H19N3O4.